The first kappa shape index (κ1) is 33.3. The minimum Gasteiger partial charge on any atom is -0.494 e. The van der Waals surface area contributed by atoms with Crippen molar-refractivity contribution in [1.82, 2.24) is 9.66 Å². The van der Waals surface area contributed by atoms with E-state index in [2.05, 4.69) is 34.9 Å². The Morgan fingerprint density at radius 1 is 0.979 bits per heavy atom. The number of benzene rings is 4. The third-order valence-corrected chi connectivity index (χ3v) is 8.05. The summed E-state index contributed by atoms with van der Waals surface area (Å²) in [5.41, 5.74) is 4.40. The van der Waals surface area contributed by atoms with Gasteiger partial charge in [-0.05, 0) is 113 Å². The number of ether oxygens (including phenoxy) is 3. The zero-order chi connectivity index (χ0) is 33.7. The zero-order valence-electron chi connectivity index (χ0n) is 26.8. The molecule has 0 atom stereocenters. The third-order valence-electron chi connectivity index (χ3n) is 7.46. The normalized spacial score (nSPS) is 11.4. The Morgan fingerprint density at radius 3 is 2.36 bits per heavy atom. The first-order valence-corrected chi connectivity index (χ1v) is 16.1. The molecule has 0 bridgehead atoms. The van der Waals surface area contributed by atoms with Gasteiger partial charge in [0.1, 0.15) is 12.4 Å². The van der Waals surface area contributed by atoms with Crippen LogP contribution in [0, 0.1) is 17.0 Å². The molecule has 0 radical (unpaired) electrons. The second kappa shape index (κ2) is 14.6. The molecule has 0 fully saturated rings. The van der Waals surface area contributed by atoms with E-state index < -0.39 is 4.92 Å². The number of fused-ring (bicyclic) bond motifs is 1. The fourth-order valence-corrected chi connectivity index (χ4v) is 5.71. The minimum absolute atomic E-state index is 0.00972. The molecule has 0 spiro atoms. The van der Waals surface area contributed by atoms with E-state index in [1.165, 1.54) is 16.8 Å². The fourth-order valence-electron chi connectivity index (χ4n) is 5.14. The predicted molar refractivity (Wildman–Crippen MR) is 187 cm³/mol. The number of hydrogen-bond acceptors (Lipinski definition) is 8. The fraction of sp³-hybridized carbons (Fsp3) is 0.250. The molecule has 47 heavy (non-hydrogen) atoms. The lowest BCUT2D eigenvalue weighted by Gasteiger charge is -2.18. The lowest BCUT2D eigenvalue weighted by molar-refractivity contribution is -0.384. The van der Waals surface area contributed by atoms with E-state index >= 15 is 0 Å². The van der Waals surface area contributed by atoms with Crippen LogP contribution >= 0.6 is 15.9 Å². The van der Waals surface area contributed by atoms with Gasteiger partial charge in [0.15, 0.2) is 17.3 Å². The standard InChI is InChI=1S/C36H35BrN4O6/c1-6-45-32-16-23(5)29(19-28(32)22(3)4)35-39-31-11-9-8-10-27(31)36(42)40(35)38-20-25-17-30(37)34(33(18-25)46-7-2)47-21-24-12-14-26(15-13-24)41(43)44/h8-20,22H,6-7,21H2,1-5H3. The van der Waals surface area contributed by atoms with Crippen molar-refractivity contribution in [3.05, 3.63) is 120 Å². The Labute approximate surface area is 280 Å². The summed E-state index contributed by atoms with van der Waals surface area (Å²) in [5.74, 6) is 2.35. The first-order valence-electron chi connectivity index (χ1n) is 15.3. The SMILES string of the molecule is CCOc1cc(C)c(-c2nc3ccccc3c(=O)n2N=Cc2cc(Br)c(OCc3ccc([N+](=O)[O-])cc3)c(OCC)c2)cc1C(C)C. The molecule has 0 saturated heterocycles. The van der Waals surface area contributed by atoms with E-state index in [1.54, 1.807) is 36.5 Å². The first-order chi connectivity index (χ1) is 22.6. The summed E-state index contributed by atoms with van der Waals surface area (Å²) in [6, 6.07) is 21.0. The summed E-state index contributed by atoms with van der Waals surface area (Å²) < 4.78 is 19.9. The van der Waals surface area contributed by atoms with Gasteiger partial charge in [0.25, 0.3) is 11.2 Å². The summed E-state index contributed by atoms with van der Waals surface area (Å²) in [7, 11) is 0. The summed E-state index contributed by atoms with van der Waals surface area (Å²) in [4.78, 5) is 29.4. The van der Waals surface area contributed by atoms with Crippen LogP contribution in [0.2, 0.25) is 0 Å². The monoisotopic (exact) mass is 698 g/mol. The summed E-state index contributed by atoms with van der Waals surface area (Å²) in [5, 5.41) is 16.1. The van der Waals surface area contributed by atoms with Crippen LogP contribution in [-0.4, -0.2) is 34.0 Å². The molecule has 0 aliphatic rings. The van der Waals surface area contributed by atoms with Gasteiger partial charge < -0.3 is 14.2 Å². The van der Waals surface area contributed by atoms with Gasteiger partial charge in [-0.15, -0.1) is 0 Å². The van der Waals surface area contributed by atoms with Gasteiger partial charge in [0, 0.05) is 17.7 Å². The van der Waals surface area contributed by atoms with Crippen LogP contribution in [0.25, 0.3) is 22.3 Å². The maximum absolute atomic E-state index is 13.9. The number of rotatable bonds is 12. The Bertz CT molecular complexity index is 2020. The average molecular weight is 700 g/mol. The highest BCUT2D eigenvalue weighted by atomic mass is 79.9. The molecule has 0 amide bonds. The van der Waals surface area contributed by atoms with E-state index in [9.17, 15) is 14.9 Å². The molecule has 0 unspecified atom stereocenters. The van der Waals surface area contributed by atoms with Crippen LogP contribution in [0.5, 0.6) is 17.2 Å². The molecule has 242 valence electrons. The van der Waals surface area contributed by atoms with Gasteiger partial charge >= 0.3 is 0 Å². The highest BCUT2D eigenvalue weighted by Gasteiger charge is 2.19. The second-order valence-corrected chi connectivity index (χ2v) is 11.9. The number of aromatic nitrogens is 2. The molecular weight excluding hydrogens is 664 g/mol. The van der Waals surface area contributed by atoms with Crippen LogP contribution < -0.4 is 19.8 Å². The number of non-ortho nitro benzene ring substituents is 1. The molecular formula is C36H35BrN4O6. The van der Waals surface area contributed by atoms with Crippen LogP contribution in [0.4, 0.5) is 5.69 Å². The van der Waals surface area contributed by atoms with Gasteiger partial charge in [-0.3, -0.25) is 14.9 Å². The maximum atomic E-state index is 13.9. The largest absolute Gasteiger partial charge is 0.494 e. The minimum atomic E-state index is -0.443. The van der Waals surface area contributed by atoms with Crippen molar-refractivity contribution in [2.24, 2.45) is 5.10 Å². The van der Waals surface area contributed by atoms with E-state index in [4.69, 9.17) is 19.2 Å². The second-order valence-electron chi connectivity index (χ2n) is 11.1. The smallest absolute Gasteiger partial charge is 0.282 e. The molecule has 0 aliphatic heterocycles. The lowest BCUT2D eigenvalue weighted by atomic mass is 9.96. The van der Waals surface area contributed by atoms with Crippen LogP contribution in [0.3, 0.4) is 0 Å². The van der Waals surface area contributed by atoms with Crippen molar-refractivity contribution in [2.75, 3.05) is 13.2 Å². The summed E-state index contributed by atoms with van der Waals surface area (Å²) >= 11 is 3.60. The van der Waals surface area contributed by atoms with Gasteiger partial charge in [-0.1, -0.05) is 26.0 Å². The molecule has 5 rings (SSSR count). The van der Waals surface area contributed by atoms with Gasteiger partial charge in [-0.25, -0.2) is 4.98 Å². The van der Waals surface area contributed by atoms with Gasteiger partial charge in [0.05, 0.1) is 39.7 Å². The van der Waals surface area contributed by atoms with Gasteiger partial charge in [-0.2, -0.15) is 9.78 Å². The Hall–Kier alpha value is -5.03. The molecule has 5 aromatic rings. The average Bonchev–Trinajstić information content (AvgIpc) is 3.04. The Morgan fingerprint density at radius 2 is 1.68 bits per heavy atom. The Balaban J connectivity index is 1.56. The molecule has 11 heteroatoms. The third kappa shape index (κ3) is 7.36. The maximum Gasteiger partial charge on any atom is 0.282 e. The topological polar surface area (TPSA) is 118 Å². The number of nitro groups is 1. The molecule has 0 saturated carbocycles. The molecule has 10 nitrogen and oxygen atoms in total. The van der Waals surface area contributed by atoms with E-state index in [-0.39, 0.29) is 23.8 Å². The molecule has 0 N–H and O–H groups in total. The highest BCUT2D eigenvalue weighted by molar-refractivity contribution is 9.10. The van der Waals surface area contributed by atoms with Crippen LogP contribution in [0.1, 0.15) is 55.9 Å². The van der Waals surface area contributed by atoms with Crippen molar-refractivity contribution in [2.45, 2.75) is 47.1 Å². The number of hydrogen-bond donors (Lipinski definition) is 0. The number of nitro benzene ring substituents is 1. The summed E-state index contributed by atoms with van der Waals surface area (Å²) in [6.07, 6.45) is 1.59. The quantitative estimate of drug-likeness (QED) is 0.0729. The van der Waals surface area contributed by atoms with Gasteiger partial charge in [0.2, 0.25) is 0 Å². The van der Waals surface area contributed by atoms with E-state index in [1.807, 2.05) is 51.1 Å². The number of para-hydroxylation sites is 1. The highest BCUT2D eigenvalue weighted by Crippen LogP contribution is 2.38. The number of aryl methyl sites for hydroxylation is 1. The lowest BCUT2D eigenvalue weighted by Crippen LogP contribution is -2.21. The van der Waals surface area contributed by atoms with Crippen LogP contribution in [0.15, 0.2) is 87.2 Å². The van der Waals surface area contributed by atoms with E-state index in [0.717, 1.165) is 28.0 Å². The molecule has 4 aromatic carbocycles. The molecule has 1 aromatic heterocycles. The van der Waals surface area contributed by atoms with Crippen molar-refractivity contribution >= 4 is 38.7 Å². The van der Waals surface area contributed by atoms with Crippen LogP contribution in [-0.2, 0) is 6.61 Å². The van der Waals surface area contributed by atoms with E-state index in [0.29, 0.717) is 51.5 Å². The van der Waals surface area contributed by atoms with Crippen molar-refractivity contribution in [3.8, 4) is 28.6 Å². The van der Waals surface area contributed by atoms with Crippen molar-refractivity contribution in [1.29, 1.82) is 0 Å². The Kier molecular flexibility index (Phi) is 10.4. The molecule has 0 aliphatic carbocycles. The summed E-state index contributed by atoms with van der Waals surface area (Å²) in [6.45, 7) is 11.1. The van der Waals surface area contributed by atoms with Crippen molar-refractivity contribution < 1.29 is 19.1 Å². The number of nitrogens with zero attached hydrogens (tertiary/aromatic N) is 4. The molecule has 1 heterocycles. The number of halogens is 1. The predicted octanol–water partition coefficient (Wildman–Crippen LogP) is 8.42. The van der Waals surface area contributed by atoms with Crippen molar-refractivity contribution in [3.63, 3.8) is 0 Å². The zero-order valence-corrected chi connectivity index (χ0v) is 28.4.